The normalized spacial score (nSPS) is 12.7. The van der Waals surface area contributed by atoms with Crippen molar-refractivity contribution in [3.05, 3.63) is 57.5 Å². The molecule has 0 N–H and O–H groups in total. The van der Waals surface area contributed by atoms with Crippen molar-refractivity contribution in [2.24, 2.45) is 0 Å². The van der Waals surface area contributed by atoms with Crippen LogP contribution in [0, 0.1) is 0 Å². The molecule has 3 aromatic heterocycles. The molecule has 3 aromatic rings. The van der Waals surface area contributed by atoms with E-state index in [4.69, 9.17) is 0 Å². The van der Waals surface area contributed by atoms with Crippen LogP contribution in [0.2, 0.25) is 0 Å². The summed E-state index contributed by atoms with van der Waals surface area (Å²) < 4.78 is 1.68. The zero-order valence-corrected chi connectivity index (χ0v) is 11.3. The summed E-state index contributed by atoms with van der Waals surface area (Å²) in [5, 5.41) is 4.73. The van der Waals surface area contributed by atoms with E-state index >= 15 is 0 Å². The van der Waals surface area contributed by atoms with E-state index in [-0.39, 0.29) is 11.6 Å². The summed E-state index contributed by atoms with van der Waals surface area (Å²) in [6.07, 6.45) is 5.69. The molecule has 0 saturated heterocycles. The van der Waals surface area contributed by atoms with Gasteiger partial charge in [0.2, 0.25) is 0 Å². The largest absolute Gasteiger partial charge is 0.296 e. The molecule has 5 heteroatoms. The minimum Gasteiger partial charge on any atom is -0.296 e. The zero-order chi connectivity index (χ0) is 13.2. The molecular weight excluding hydrogens is 258 g/mol. The first kappa shape index (κ1) is 12.0. The van der Waals surface area contributed by atoms with Gasteiger partial charge >= 0.3 is 0 Å². The molecule has 0 fully saturated rings. The van der Waals surface area contributed by atoms with Crippen LogP contribution in [-0.2, 0) is 6.42 Å². The van der Waals surface area contributed by atoms with Crippen molar-refractivity contribution in [3.8, 4) is 0 Å². The van der Waals surface area contributed by atoms with Gasteiger partial charge in [0.05, 0.1) is 17.2 Å². The molecule has 0 bridgehead atoms. The van der Waals surface area contributed by atoms with Gasteiger partial charge in [0.15, 0.2) is 0 Å². The number of rotatable bonds is 3. The van der Waals surface area contributed by atoms with Crippen molar-refractivity contribution in [2.45, 2.75) is 19.4 Å². The first-order valence-electron chi connectivity index (χ1n) is 6.07. The van der Waals surface area contributed by atoms with Crippen LogP contribution in [0.5, 0.6) is 0 Å². The predicted octanol–water partition coefficient (Wildman–Crippen LogP) is 2.66. The lowest BCUT2D eigenvalue weighted by atomic mass is 10.1. The summed E-state index contributed by atoms with van der Waals surface area (Å²) >= 11 is 1.67. The van der Waals surface area contributed by atoms with Crippen molar-refractivity contribution >= 4 is 22.2 Å². The smallest absolute Gasteiger partial charge is 0.263 e. The highest BCUT2D eigenvalue weighted by Crippen LogP contribution is 2.15. The van der Waals surface area contributed by atoms with E-state index < -0.39 is 0 Å². The van der Waals surface area contributed by atoms with Crippen LogP contribution in [0.25, 0.3) is 10.9 Å². The predicted molar refractivity (Wildman–Crippen MR) is 76.5 cm³/mol. The average Bonchev–Trinajstić information content (AvgIpc) is 2.92. The Labute approximate surface area is 114 Å². The molecule has 4 nitrogen and oxygen atoms in total. The summed E-state index contributed by atoms with van der Waals surface area (Å²) in [5.74, 6) is 0. The first-order chi connectivity index (χ1) is 9.25. The number of fused-ring (bicyclic) bond motifs is 1. The van der Waals surface area contributed by atoms with Crippen LogP contribution in [-0.4, -0.2) is 14.5 Å². The maximum Gasteiger partial charge on any atom is 0.263 e. The van der Waals surface area contributed by atoms with E-state index in [2.05, 4.69) is 21.4 Å². The Morgan fingerprint density at radius 3 is 3.11 bits per heavy atom. The Balaban J connectivity index is 2.01. The van der Waals surface area contributed by atoms with Gasteiger partial charge in [-0.25, -0.2) is 4.98 Å². The van der Waals surface area contributed by atoms with Gasteiger partial charge in [-0.15, -0.1) is 0 Å². The number of thiophene rings is 1. The van der Waals surface area contributed by atoms with Gasteiger partial charge in [0, 0.05) is 18.4 Å². The molecule has 0 aliphatic carbocycles. The lowest BCUT2D eigenvalue weighted by Crippen LogP contribution is -2.24. The van der Waals surface area contributed by atoms with E-state index in [1.54, 1.807) is 40.7 Å². The Bertz CT molecular complexity index is 749. The second kappa shape index (κ2) is 4.93. The molecule has 3 rings (SSSR count). The van der Waals surface area contributed by atoms with Crippen LogP contribution in [0.3, 0.4) is 0 Å². The van der Waals surface area contributed by atoms with E-state index in [9.17, 15) is 4.79 Å². The Hall–Kier alpha value is -2.01. The van der Waals surface area contributed by atoms with Gasteiger partial charge in [0.25, 0.3) is 5.56 Å². The molecule has 0 aliphatic rings. The molecule has 0 saturated carbocycles. The molecule has 19 heavy (non-hydrogen) atoms. The average molecular weight is 271 g/mol. The summed E-state index contributed by atoms with van der Waals surface area (Å²) in [6, 6.07) is 3.92. The highest BCUT2D eigenvalue weighted by molar-refractivity contribution is 7.07. The van der Waals surface area contributed by atoms with E-state index in [1.165, 1.54) is 5.56 Å². The number of pyridine rings is 1. The lowest BCUT2D eigenvalue weighted by molar-refractivity contribution is 0.524. The summed E-state index contributed by atoms with van der Waals surface area (Å²) in [7, 11) is 0. The fraction of sp³-hybridized carbons (Fsp3) is 0.214. The highest BCUT2D eigenvalue weighted by Gasteiger charge is 2.11. The molecule has 1 atom stereocenters. The van der Waals surface area contributed by atoms with Crippen LogP contribution in [0.15, 0.2) is 46.4 Å². The fourth-order valence-electron chi connectivity index (χ4n) is 2.14. The minimum absolute atomic E-state index is 0.0270. The molecule has 0 spiro atoms. The highest BCUT2D eigenvalue weighted by atomic mass is 32.1. The molecule has 0 aromatic carbocycles. The maximum atomic E-state index is 12.4. The SMILES string of the molecule is C[C@@H](Cc1ccsc1)n1cnc2ccncc2c1=O. The minimum atomic E-state index is -0.0270. The first-order valence-corrected chi connectivity index (χ1v) is 7.02. The second-order valence-electron chi connectivity index (χ2n) is 4.53. The van der Waals surface area contributed by atoms with Crippen LogP contribution in [0.4, 0.5) is 0 Å². The van der Waals surface area contributed by atoms with Gasteiger partial charge in [-0.05, 0) is 41.8 Å². The molecule has 0 amide bonds. The van der Waals surface area contributed by atoms with Crippen molar-refractivity contribution in [1.29, 1.82) is 0 Å². The summed E-state index contributed by atoms with van der Waals surface area (Å²) in [4.78, 5) is 20.7. The maximum absolute atomic E-state index is 12.4. The van der Waals surface area contributed by atoms with Crippen molar-refractivity contribution in [3.63, 3.8) is 0 Å². The van der Waals surface area contributed by atoms with Gasteiger partial charge < -0.3 is 0 Å². The van der Waals surface area contributed by atoms with Crippen LogP contribution >= 0.6 is 11.3 Å². The Morgan fingerprint density at radius 1 is 1.42 bits per heavy atom. The lowest BCUT2D eigenvalue weighted by Gasteiger charge is -2.14. The molecular formula is C14H13N3OS. The third-order valence-corrected chi connectivity index (χ3v) is 3.90. The summed E-state index contributed by atoms with van der Waals surface area (Å²) in [6.45, 7) is 2.03. The quantitative estimate of drug-likeness (QED) is 0.735. The van der Waals surface area contributed by atoms with Crippen molar-refractivity contribution < 1.29 is 0 Å². The zero-order valence-electron chi connectivity index (χ0n) is 10.5. The number of hydrogen-bond donors (Lipinski definition) is 0. The van der Waals surface area contributed by atoms with Crippen molar-refractivity contribution in [1.82, 2.24) is 14.5 Å². The van der Waals surface area contributed by atoms with E-state index in [0.717, 1.165) is 6.42 Å². The Morgan fingerprint density at radius 2 is 2.32 bits per heavy atom. The van der Waals surface area contributed by atoms with E-state index in [0.29, 0.717) is 10.9 Å². The van der Waals surface area contributed by atoms with Crippen LogP contribution in [0.1, 0.15) is 18.5 Å². The number of hydrogen-bond acceptors (Lipinski definition) is 4. The molecule has 0 radical (unpaired) electrons. The van der Waals surface area contributed by atoms with Crippen molar-refractivity contribution in [2.75, 3.05) is 0 Å². The second-order valence-corrected chi connectivity index (χ2v) is 5.31. The third-order valence-electron chi connectivity index (χ3n) is 3.17. The Kier molecular flexibility index (Phi) is 3.13. The van der Waals surface area contributed by atoms with E-state index in [1.807, 2.05) is 12.3 Å². The molecule has 96 valence electrons. The van der Waals surface area contributed by atoms with Gasteiger partial charge in [-0.2, -0.15) is 11.3 Å². The third kappa shape index (κ3) is 2.29. The molecule has 0 unspecified atom stereocenters. The summed E-state index contributed by atoms with van der Waals surface area (Å²) in [5.41, 5.74) is 1.91. The van der Waals surface area contributed by atoms with Gasteiger partial charge in [-0.1, -0.05) is 0 Å². The molecule has 3 heterocycles. The number of nitrogens with zero attached hydrogens (tertiary/aromatic N) is 3. The van der Waals surface area contributed by atoms with Crippen LogP contribution < -0.4 is 5.56 Å². The number of aromatic nitrogens is 3. The monoisotopic (exact) mass is 271 g/mol. The standard InChI is InChI=1S/C14H13N3OS/c1-10(6-11-3-5-19-8-11)17-9-16-13-2-4-15-7-12(13)14(17)18/h2-5,7-10H,6H2,1H3/t10-/m0/s1. The topological polar surface area (TPSA) is 47.8 Å². The fourth-order valence-corrected chi connectivity index (χ4v) is 2.82. The van der Waals surface area contributed by atoms with Gasteiger partial charge in [-0.3, -0.25) is 14.3 Å². The van der Waals surface area contributed by atoms with Gasteiger partial charge in [0.1, 0.15) is 0 Å². The molecule has 0 aliphatic heterocycles.